The van der Waals surface area contributed by atoms with Crippen molar-refractivity contribution in [1.82, 2.24) is 14.5 Å². The van der Waals surface area contributed by atoms with Crippen molar-refractivity contribution in [2.75, 3.05) is 17.7 Å². The zero-order valence-electron chi connectivity index (χ0n) is 15.6. The number of hydrogen-bond acceptors (Lipinski definition) is 7. The number of unbranched alkanes of at least 4 members (excludes halogenated alkanes) is 1. The van der Waals surface area contributed by atoms with E-state index in [0.717, 1.165) is 35.1 Å². The minimum absolute atomic E-state index is 0.178. The van der Waals surface area contributed by atoms with Crippen molar-refractivity contribution in [2.45, 2.75) is 39.8 Å². The van der Waals surface area contributed by atoms with Crippen molar-refractivity contribution in [1.29, 1.82) is 0 Å². The quantitative estimate of drug-likeness (QED) is 0.643. The van der Waals surface area contributed by atoms with Gasteiger partial charge in [0.15, 0.2) is 10.8 Å². The first-order valence-corrected chi connectivity index (χ1v) is 9.63. The normalized spacial score (nSPS) is 11.1. The van der Waals surface area contributed by atoms with Crippen LogP contribution in [0.2, 0.25) is 0 Å². The Morgan fingerprint density at radius 2 is 2.15 bits per heavy atom. The number of aryl methyl sites for hydroxylation is 1. The molecule has 3 aromatic rings. The lowest BCUT2D eigenvalue weighted by molar-refractivity contribution is 0.547. The van der Waals surface area contributed by atoms with E-state index in [1.165, 1.54) is 15.9 Å². The third kappa shape index (κ3) is 3.97. The Bertz CT molecular complexity index is 1050. The minimum atomic E-state index is -0.495. The van der Waals surface area contributed by atoms with E-state index in [-0.39, 0.29) is 11.5 Å². The van der Waals surface area contributed by atoms with Gasteiger partial charge in [-0.2, -0.15) is 0 Å². The lowest BCUT2D eigenvalue weighted by Gasteiger charge is -2.21. The molecule has 9 heteroatoms. The molecular formula is C18H23N5O3S. The molecule has 3 rings (SSSR count). The number of aromatic amines is 1. The number of rotatable bonds is 7. The van der Waals surface area contributed by atoms with Crippen LogP contribution in [-0.4, -0.2) is 21.6 Å². The Morgan fingerprint density at radius 1 is 1.37 bits per heavy atom. The summed E-state index contributed by atoms with van der Waals surface area (Å²) in [5.74, 6) is 1.72. The van der Waals surface area contributed by atoms with Gasteiger partial charge in [0.2, 0.25) is 0 Å². The number of nitrogens with zero attached hydrogens (tertiary/aromatic N) is 3. The lowest BCUT2D eigenvalue weighted by atomic mass is 10.3. The van der Waals surface area contributed by atoms with Gasteiger partial charge >= 0.3 is 5.69 Å². The van der Waals surface area contributed by atoms with Gasteiger partial charge in [-0.05, 0) is 25.5 Å². The highest BCUT2D eigenvalue weighted by atomic mass is 32.1. The van der Waals surface area contributed by atoms with E-state index < -0.39 is 11.2 Å². The molecular weight excluding hydrogens is 366 g/mol. The Hall–Kier alpha value is -2.81. The van der Waals surface area contributed by atoms with Crippen LogP contribution in [0.4, 0.5) is 11.5 Å². The molecule has 0 aliphatic heterocycles. The monoisotopic (exact) mass is 389 g/mol. The predicted octanol–water partition coefficient (Wildman–Crippen LogP) is 2.58. The highest BCUT2D eigenvalue weighted by Gasteiger charge is 2.17. The molecule has 0 amide bonds. The predicted molar refractivity (Wildman–Crippen MR) is 107 cm³/mol. The SMILES string of the molecule is CCCCn1c(N)c(N(C)Cc2csc(-c3ccc(C)o3)n2)c(=O)[nH]c1=O. The van der Waals surface area contributed by atoms with Crippen LogP contribution >= 0.6 is 11.3 Å². The fraction of sp³-hybridized carbons (Fsp3) is 0.389. The molecule has 0 atom stereocenters. The van der Waals surface area contributed by atoms with Gasteiger partial charge in [0.25, 0.3) is 5.56 Å². The van der Waals surface area contributed by atoms with Crippen LogP contribution in [0.25, 0.3) is 10.8 Å². The third-order valence-electron chi connectivity index (χ3n) is 4.23. The zero-order chi connectivity index (χ0) is 19.6. The number of thiazole rings is 1. The molecule has 3 heterocycles. The standard InChI is InChI=1S/C18H23N5O3S/c1-4-5-8-23-15(19)14(16(24)21-18(23)25)22(3)9-12-10-27-17(20-12)13-7-6-11(2)26-13/h6-7,10H,4-5,8-9,19H2,1-3H3,(H,21,24,25). The van der Waals surface area contributed by atoms with Gasteiger partial charge in [-0.25, -0.2) is 9.78 Å². The van der Waals surface area contributed by atoms with Crippen molar-refractivity contribution >= 4 is 22.8 Å². The van der Waals surface area contributed by atoms with Crippen molar-refractivity contribution in [3.05, 3.63) is 49.8 Å². The molecule has 0 bridgehead atoms. The fourth-order valence-corrected chi connectivity index (χ4v) is 3.62. The minimum Gasteiger partial charge on any atom is -0.459 e. The van der Waals surface area contributed by atoms with E-state index in [0.29, 0.717) is 13.1 Å². The van der Waals surface area contributed by atoms with Crippen LogP contribution in [0.3, 0.4) is 0 Å². The van der Waals surface area contributed by atoms with Gasteiger partial charge in [0, 0.05) is 19.0 Å². The second-order valence-electron chi connectivity index (χ2n) is 6.41. The molecule has 0 unspecified atom stereocenters. The zero-order valence-corrected chi connectivity index (χ0v) is 16.4. The number of H-pyrrole nitrogens is 1. The molecule has 0 fully saturated rings. The first-order valence-electron chi connectivity index (χ1n) is 8.75. The largest absolute Gasteiger partial charge is 0.459 e. The van der Waals surface area contributed by atoms with E-state index in [2.05, 4.69) is 9.97 Å². The molecule has 0 spiro atoms. The van der Waals surface area contributed by atoms with Crippen LogP contribution in [-0.2, 0) is 13.1 Å². The van der Waals surface area contributed by atoms with Crippen LogP contribution in [0.15, 0.2) is 31.5 Å². The smallest absolute Gasteiger partial charge is 0.330 e. The van der Waals surface area contributed by atoms with E-state index in [1.54, 1.807) is 11.9 Å². The maximum absolute atomic E-state index is 12.3. The molecule has 3 N–H and O–H groups in total. The van der Waals surface area contributed by atoms with Crippen LogP contribution < -0.4 is 21.9 Å². The second-order valence-corrected chi connectivity index (χ2v) is 7.27. The molecule has 0 aliphatic rings. The Kier molecular flexibility index (Phi) is 5.50. The van der Waals surface area contributed by atoms with Gasteiger partial charge in [0.1, 0.15) is 17.3 Å². The van der Waals surface area contributed by atoms with Crippen LogP contribution in [0.5, 0.6) is 0 Å². The average molecular weight is 389 g/mol. The molecule has 0 aromatic carbocycles. The Balaban J connectivity index is 1.86. The fourth-order valence-electron chi connectivity index (χ4n) is 2.85. The topological polar surface area (TPSA) is 110 Å². The maximum atomic E-state index is 12.3. The molecule has 3 aromatic heterocycles. The Morgan fingerprint density at radius 3 is 2.81 bits per heavy atom. The number of furan rings is 1. The molecule has 0 radical (unpaired) electrons. The summed E-state index contributed by atoms with van der Waals surface area (Å²) < 4.78 is 7.01. The molecule has 27 heavy (non-hydrogen) atoms. The number of hydrogen-bond donors (Lipinski definition) is 2. The van der Waals surface area contributed by atoms with E-state index in [1.807, 2.05) is 31.4 Å². The Labute approximate surface area is 160 Å². The van der Waals surface area contributed by atoms with Gasteiger partial charge in [-0.1, -0.05) is 13.3 Å². The number of nitrogen functional groups attached to an aromatic ring is 1. The average Bonchev–Trinajstić information content (AvgIpc) is 3.23. The first kappa shape index (κ1) is 19.0. The highest BCUT2D eigenvalue weighted by molar-refractivity contribution is 7.13. The lowest BCUT2D eigenvalue weighted by Crippen LogP contribution is -2.37. The molecule has 144 valence electrons. The van der Waals surface area contributed by atoms with Crippen molar-refractivity contribution in [3.63, 3.8) is 0 Å². The van der Waals surface area contributed by atoms with Gasteiger partial charge < -0.3 is 15.1 Å². The summed E-state index contributed by atoms with van der Waals surface area (Å²) in [7, 11) is 1.76. The summed E-state index contributed by atoms with van der Waals surface area (Å²) in [5.41, 5.74) is 6.23. The summed E-state index contributed by atoms with van der Waals surface area (Å²) in [6.45, 7) is 4.77. The maximum Gasteiger partial charge on any atom is 0.330 e. The van der Waals surface area contributed by atoms with Gasteiger partial charge in [0.05, 0.1) is 12.2 Å². The van der Waals surface area contributed by atoms with Gasteiger partial charge in [-0.15, -0.1) is 11.3 Å². The van der Waals surface area contributed by atoms with E-state index >= 15 is 0 Å². The molecule has 0 saturated heterocycles. The van der Waals surface area contributed by atoms with Gasteiger partial charge in [-0.3, -0.25) is 14.3 Å². The van der Waals surface area contributed by atoms with Crippen molar-refractivity contribution < 1.29 is 4.42 Å². The summed E-state index contributed by atoms with van der Waals surface area (Å²) in [5, 5.41) is 2.70. The van der Waals surface area contributed by atoms with Crippen LogP contribution in [0, 0.1) is 6.92 Å². The van der Waals surface area contributed by atoms with E-state index in [9.17, 15) is 9.59 Å². The number of nitrogens with two attached hydrogens (primary N) is 1. The molecule has 0 saturated carbocycles. The van der Waals surface area contributed by atoms with Crippen LogP contribution in [0.1, 0.15) is 31.2 Å². The first-order chi connectivity index (χ1) is 12.9. The summed E-state index contributed by atoms with van der Waals surface area (Å²) in [6, 6.07) is 3.77. The van der Waals surface area contributed by atoms with Crippen molar-refractivity contribution in [2.24, 2.45) is 0 Å². The van der Waals surface area contributed by atoms with Crippen molar-refractivity contribution in [3.8, 4) is 10.8 Å². The number of anilines is 2. The summed E-state index contributed by atoms with van der Waals surface area (Å²) >= 11 is 1.47. The summed E-state index contributed by atoms with van der Waals surface area (Å²) in [4.78, 5) is 33.0. The molecule has 8 nitrogen and oxygen atoms in total. The summed E-state index contributed by atoms with van der Waals surface area (Å²) in [6.07, 6.45) is 1.72. The molecule has 0 aliphatic carbocycles. The second kappa shape index (κ2) is 7.83. The number of aromatic nitrogens is 3. The third-order valence-corrected chi connectivity index (χ3v) is 5.14. The highest BCUT2D eigenvalue weighted by Crippen LogP contribution is 2.26. The van der Waals surface area contributed by atoms with E-state index in [4.69, 9.17) is 10.2 Å². The number of nitrogens with one attached hydrogen (secondary N) is 1.